The summed E-state index contributed by atoms with van der Waals surface area (Å²) in [5.74, 6) is -1.21. The number of carbonyl (C=O) groups excluding carboxylic acids is 1. The Morgan fingerprint density at radius 3 is 2.69 bits per heavy atom. The minimum atomic E-state index is -0.730. The third-order valence-electron chi connectivity index (χ3n) is 5.06. The molecule has 2 heterocycles. The number of rotatable bonds is 5. The molecule has 2 aromatic heterocycles. The minimum Gasteiger partial charge on any atom is -0.321 e. The van der Waals surface area contributed by atoms with Gasteiger partial charge in [-0.2, -0.15) is 0 Å². The van der Waals surface area contributed by atoms with Crippen LogP contribution in [0.25, 0.3) is 11.0 Å². The van der Waals surface area contributed by atoms with Crippen molar-refractivity contribution < 1.29 is 14.1 Å². The number of non-ortho nitro benzene ring substituents is 1. The number of nitrogens with one attached hydrogen (secondary N) is 1. The standard InChI is InChI=1S/C23H17FN4O4/c1-14-8-9-17(28(31)32)12-20(14)26-22(29)18-11-15-6-4-10-25-21(15)27(23(18)30)13-16-5-2-3-7-19(16)24/h2-12H,13H2,1H3,(H,26,29). The SMILES string of the molecule is Cc1ccc([N+](=O)[O-])cc1NC(=O)c1cc2cccnc2n(Cc2ccccc2F)c1=O. The highest BCUT2D eigenvalue weighted by atomic mass is 19.1. The number of fused-ring (bicyclic) bond motifs is 1. The van der Waals surface area contributed by atoms with Crippen LogP contribution in [-0.4, -0.2) is 20.4 Å². The summed E-state index contributed by atoms with van der Waals surface area (Å²) in [6.07, 6.45) is 1.51. The molecule has 0 saturated carbocycles. The van der Waals surface area contributed by atoms with Crippen LogP contribution in [0.15, 0.2) is 71.7 Å². The molecular formula is C23H17FN4O4. The maximum Gasteiger partial charge on any atom is 0.271 e. The lowest BCUT2D eigenvalue weighted by Crippen LogP contribution is -2.30. The number of benzene rings is 2. The number of amides is 1. The van der Waals surface area contributed by atoms with Gasteiger partial charge in [0.15, 0.2) is 0 Å². The first kappa shape index (κ1) is 20.9. The van der Waals surface area contributed by atoms with Crippen LogP contribution in [-0.2, 0) is 6.54 Å². The van der Waals surface area contributed by atoms with E-state index in [0.29, 0.717) is 16.6 Å². The maximum absolute atomic E-state index is 14.2. The highest BCUT2D eigenvalue weighted by molar-refractivity contribution is 6.06. The molecule has 8 nitrogen and oxygen atoms in total. The predicted octanol–water partition coefficient (Wildman–Crippen LogP) is 4.05. The van der Waals surface area contributed by atoms with Gasteiger partial charge in [0, 0.05) is 29.3 Å². The number of anilines is 1. The van der Waals surface area contributed by atoms with Gasteiger partial charge in [0.2, 0.25) is 0 Å². The van der Waals surface area contributed by atoms with Crippen LogP contribution >= 0.6 is 0 Å². The van der Waals surface area contributed by atoms with Gasteiger partial charge in [-0.3, -0.25) is 24.3 Å². The van der Waals surface area contributed by atoms with Crippen LogP contribution in [0.3, 0.4) is 0 Å². The number of halogens is 1. The van der Waals surface area contributed by atoms with Gasteiger partial charge in [-0.25, -0.2) is 9.37 Å². The Kier molecular flexibility index (Phi) is 5.46. The largest absolute Gasteiger partial charge is 0.321 e. The summed E-state index contributed by atoms with van der Waals surface area (Å²) in [5.41, 5.74) is 0.365. The quantitative estimate of drug-likeness (QED) is 0.378. The second-order valence-electron chi connectivity index (χ2n) is 7.17. The Labute approximate surface area is 181 Å². The average molecular weight is 432 g/mol. The van der Waals surface area contributed by atoms with Crippen LogP contribution in [0.1, 0.15) is 21.5 Å². The van der Waals surface area contributed by atoms with Crippen LogP contribution in [0.4, 0.5) is 15.8 Å². The molecule has 4 aromatic rings. The molecule has 1 amide bonds. The van der Waals surface area contributed by atoms with E-state index in [-0.39, 0.29) is 29.0 Å². The minimum absolute atomic E-state index is 0.115. The number of aryl methyl sites for hydroxylation is 1. The molecule has 4 rings (SSSR count). The molecule has 32 heavy (non-hydrogen) atoms. The van der Waals surface area contributed by atoms with Gasteiger partial charge in [-0.05, 0) is 36.8 Å². The molecule has 9 heteroatoms. The van der Waals surface area contributed by atoms with Gasteiger partial charge < -0.3 is 5.32 Å². The highest BCUT2D eigenvalue weighted by Gasteiger charge is 2.19. The van der Waals surface area contributed by atoms with E-state index in [9.17, 15) is 24.1 Å². The Bertz CT molecular complexity index is 1430. The summed E-state index contributed by atoms with van der Waals surface area (Å²) in [6, 6.07) is 14.9. The fourth-order valence-corrected chi connectivity index (χ4v) is 3.36. The van der Waals surface area contributed by atoms with Crippen molar-refractivity contribution >= 4 is 28.3 Å². The van der Waals surface area contributed by atoms with Crippen molar-refractivity contribution in [3.8, 4) is 0 Å². The van der Waals surface area contributed by atoms with E-state index in [2.05, 4.69) is 10.3 Å². The van der Waals surface area contributed by atoms with Crippen LogP contribution in [0.5, 0.6) is 0 Å². The zero-order chi connectivity index (χ0) is 22.8. The van der Waals surface area contributed by atoms with E-state index in [4.69, 9.17) is 0 Å². The summed E-state index contributed by atoms with van der Waals surface area (Å²) >= 11 is 0. The van der Waals surface area contributed by atoms with E-state index in [0.717, 1.165) is 0 Å². The molecule has 0 aliphatic rings. The van der Waals surface area contributed by atoms with Crippen LogP contribution in [0, 0.1) is 22.9 Å². The molecule has 2 aromatic carbocycles. The molecule has 0 atom stereocenters. The first-order valence-corrected chi connectivity index (χ1v) is 9.63. The van der Waals surface area contributed by atoms with Crippen molar-refractivity contribution in [2.24, 2.45) is 0 Å². The number of nitro benzene ring substituents is 1. The van der Waals surface area contributed by atoms with Crippen molar-refractivity contribution in [3.63, 3.8) is 0 Å². The van der Waals surface area contributed by atoms with Crippen molar-refractivity contribution in [1.29, 1.82) is 0 Å². The lowest BCUT2D eigenvalue weighted by Gasteiger charge is -2.13. The predicted molar refractivity (Wildman–Crippen MR) is 117 cm³/mol. The third kappa shape index (κ3) is 3.95. The zero-order valence-corrected chi connectivity index (χ0v) is 16.9. The Balaban J connectivity index is 1.80. The van der Waals surface area contributed by atoms with Gasteiger partial charge in [-0.15, -0.1) is 0 Å². The maximum atomic E-state index is 14.2. The number of carbonyl (C=O) groups is 1. The van der Waals surface area contributed by atoms with Crippen molar-refractivity contribution in [2.75, 3.05) is 5.32 Å². The molecule has 0 aliphatic heterocycles. The zero-order valence-electron chi connectivity index (χ0n) is 16.9. The number of hydrogen-bond acceptors (Lipinski definition) is 5. The van der Waals surface area contributed by atoms with Gasteiger partial charge in [0.05, 0.1) is 17.2 Å². The molecular weight excluding hydrogens is 415 g/mol. The molecule has 0 fully saturated rings. The first-order chi connectivity index (χ1) is 15.3. The normalized spacial score (nSPS) is 10.8. The molecule has 160 valence electrons. The molecule has 0 radical (unpaired) electrons. The monoisotopic (exact) mass is 432 g/mol. The van der Waals surface area contributed by atoms with Crippen molar-refractivity contribution in [1.82, 2.24) is 9.55 Å². The van der Waals surface area contributed by atoms with Gasteiger partial charge in [0.1, 0.15) is 17.0 Å². The second kappa shape index (κ2) is 8.38. The summed E-state index contributed by atoms with van der Waals surface area (Å²) in [4.78, 5) is 40.9. The number of nitro groups is 1. The molecule has 0 unspecified atom stereocenters. The van der Waals surface area contributed by atoms with Gasteiger partial charge in [-0.1, -0.05) is 24.3 Å². The van der Waals surface area contributed by atoms with Crippen molar-refractivity contribution in [3.05, 3.63) is 110 Å². The second-order valence-corrected chi connectivity index (χ2v) is 7.17. The van der Waals surface area contributed by atoms with E-state index < -0.39 is 22.2 Å². The number of hydrogen-bond donors (Lipinski definition) is 1. The Morgan fingerprint density at radius 2 is 1.94 bits per heavy atom. The fourth-order valence-electron chi connectivity index (χ4n) is 3.36. The van der Waals surface area contributed by atoms with E-state index in [1.165, 1.54) is 41.1 Å². The number of pyridine rings is 2. The average Bonchev–Trinajstić information content (AvgIpc) is 2.78. The first-order valence-electron chi connectivity index (χ1n) is 9.63. The summed E-state index contributed by atoms with van der Waals surface area (Å²) < 4.78 is 15.5. The third-order valence-corrected chi connectivity index (χ3v) is 5.06. The summed E-state index contributed by atoms with van der Waals surface area (Å²) in [5, 5.41) is 14.2. The number of nitrogens with zero attached hydrogens (tertiary/aromatic N) is 3. The lowest BCUT2D eigenvalue weighted by molar-refractivity contribution is -0.384. The summed E-state index contributed by atoms with van der Waals surface area (Å²) in [6.45, 7) is 1.57. The Hall–Kier alpha value is -4.40. The molecule has 0 spiro atoms. The highest BCUT2D eigenvalue weighted by Crippen LogP contribution is 2.23. The van der Waals surface area contributed by atoms with Gasteiger partial charge >= 0.3 is 0 Å². The number of aromatic nitrogens is 2. The van der Waals surface area contributed by atoms with Crippen LogP contribution < -0.4 is 10.9 Å². The van der Waals surface area contributed by atoms with Crippen LogP contribution in [0.2, 0.25) is 0 Å². The fraction of sp³-hybridized carbons (Fsp3) is 0.0870. The molecule has 0 aliphatic carbocycles. The van der Waals surface area contributed by atoms with E-state index in [1.807, 2.05) is 0 Å². The lowest BCUT2D eigenvalue weighted by atomic mass is 10.1. The van der Waals surface area contributed by atoms with E-state index >= 15 is 0 Å². The molecule has 1 N–H and O–H groups in total. The summed E-state index contributed by atoms with van der Waals surface area (Å²) in [7, 11) is 0. The topological polar surface area (TPSA) is 107 Å². The molecule has 0 bridgehead atoms. The molecule has 0 saturated heterocycles. The van der Waals surface area contributed by atoms with E-state index in [1.54, 1.807) is 37.3 Å². The van der Waals surface area contributed by atoms with Crippen molar-refractivity contribution in [2.45, 2.75) is 13.5 Å². The van der Waals surface area contributed by atoms with Gasteiger partial charge in [0.25, 0.3) is 17.2 Å². The smallest absolute Gasteiger partial charge is 0.271 e. The Morgan fingerprint density at radius 1 is 1.16 bits per heavy atom.